The van der Waals surface area contributed by atoms with E-state index in [0.717, 1.165) is 32.2 Å². The van der Waals surface area contributed by atoms with Gasteiger partial charge in [-0.2, -0.15) is 0 Å². The first-order chi connectivity index (χ1) is 13.3. The lowest BCUT2D eigenvalue weighted by Crippen LogP contribution is -2.57. The highest BCUT2D eigenvalue weighted by molar-refractivity contribution is 5.88. The van der Waals surface area contributed by atoms with Gasteiger partial charge in [0.05, 0.1) is 6.04 Å². The maximum atomic E-state index is 12.9. The Balaban J connectivity index is 1.59. The quantitative estimate of drug-likeness (QED) is 0.785. The van der Waals surface area contributed by atoms with Crippen molar-refractivity contribution in [1.29, 1.82) is 0 Å². The number of primary amides is 1. The highest BCUT2D eigenvalue weighted by atomic mass is 16.2. The lowest BCUT2D eigenvalue weighted by Gasteiger charge is -2.45. The molecule has 9 nitrogen and oxygen atoms in total. The topological polar surface area (TPSA) is 109 Å². The molecule has 1 saturated heterocycles. The molecule has 3 amide bonds. The molecular formula is C19H33N7O2. The van der Waals surface area contributed by atoms with Crippen LogP contribution in [0.15, 0.2) is 6.33 Å². The molecule has 9 heteroatoms. The van der Waals surface area contributed by atoms with Gasteiger partial charge in [-0.3, -0.25) is 4.79 Å². The zero-order valence-corrected chi connectivity index (χ0v) is 17.2. The van der Waals surface area contributed by atoms with Crippen LogP contribution in [0.2, 0.25) is 0 Å². The number of aromatic nitrogens is 3. The number of carbonyl (C=O) groups is 2. The molecule has 0 spiro atoms. The number of likely N-dealkylation sites (N-methyl/N-ethyl adjacent to an activating group) is 1. The van der Waals surface area contributed by atoms with Crippen molar-refractivity contribution in [1.82, 2.24) is 29.9 Å². The molecule has 1 aromatic rings. The summed E-state index contributed by atoms with van der Waals surface area (Å²) in [6, 6.07) is -0.0167. The number of rotatable bonds is 5. The molecule has 3 N–H and O–H groups in total. The Kier molecular flexibility index (Phi) is 6.22. The van der Waals surface area contributed by atoms with Crippen LogP contribution in [0, 0.1) is 5.92 Å². The molecule has 2 aliphatic rings. The van der Waals surface area contributed by atoms with Crippen LogP contribution in [-0.2, 0) is 0 Å². The fourth-order valence-corrected chi connectivity index (χ4v) is 4.63. The number of nitrogens with two attached hydrogens (primary N) is 1. The van der Waals surface area contributed by atoms with Gasteiger partial charge in [0.25, 0.3) is 5.91 Å². The molecule has 28 heavy (non-hydrogen) atoms. The van der Waals surface area contributed by atoms with Crippen molar-refractivity contribution in [2.75, 3.05) is 33.7 Å². The molecule has 0 radical (unpaired) electrons. The first-order valence-corrected chi connectivity index (χ1v) is 10.2. The number of nitrogens with zero attached hydrogens (tertiary/aromatic N) is 5. The third-order valence-electron chi connectivity index (χ3n) is 6.37. The van der Waals surface area contributed by atoms with Gasteiger partial charge < -0.3 is 20.9 Å². The summed E-state index contributed by atoms with van der Waals surface area (Å²) < 4.78 is 1.66. The molecule has 0 bridgehead atoms. The van der Waals surface area contributed by atoms with Gasteiger partial charge in [-0.25, -0.2) is 14.5 Å². The average molecular weight is 392 g/mol. The minimum atomic E-state index is -0.639. The SMILES string of the molecule is CC1CCCC(CNC(=O)N2CCCC(n3cnc(C(N)=O)n3)C2)(N(C)C)C1. The number of piperidine rings is 1. The molecule has 0 aromatic carbocycles. The van der Waals surface area contributed by atoms with E-state index in [1.54, 1.807) is 4.68 Å². The van der Waals surface area contributed by atoms with E-state index in [1.807, 2.05) is 4.90 Å². The monoisotopic (exact) mass is 391 g/mol. The fraction of sp³-hybridized carbons (Fsp3) is 0.789. The molecule has 156 valence electrons. The van der Waals surface area contributed by atoms with Crippen LogP contribution in [0.5, 0.6) is 0 Å². The smallest absolute Gasteiger partial charge is 0.317 e. The van der Waals surface area contributed by atoms with Crippen LogP contribution in [0.1, 0.15) is 62.1 Å². The summed E-state index contributed by atoms with van der Waals surface area (Å²) in [6.07, 6.45) is 8.00. The predicted molar refractivity (Wildman–Crippen MR) is 106 cm³/mol. The molecule has 1 aromatic heterocycles. The van der Waals surface area contributed by atoms with Gasteiger partial charge in [0.2, 0.25) is 5.82 Å². The van der Waals surface area contributed by atoms with Crippen molar-refractivity contribution in [3.63, 3.8) is 0 Å². The number of hydrogen-bond acceptors (Lipinski definition) is 5. The summed E-state index contributed by atoms with van der Waals surface area (Å²) in [5, 5.41) is 7.34. The maximum absolute atomic E-state index is 12.9. The van der Waals surface area contributed by atoms with E-state index in [-0.39, 0.29) is 23.4 Å². The number of urea groups is 1. The van der Waals surface area contributed by atoms with Gasteiger partial charge in [0.15, 0.2) is 0 Å². The minimum Gasteiger partial charge on any atom is -0.363 e. The number of likely N-dealkylation sites (tertiary alicyclic amines) is 1. The third-order valence-corrected chi connectivity index (χ3v) is 6.37. The lowest BCUT2D eigenvalue weighted by atomic mass is 9.75. The highest BCUT2D eigenvalue weighted by Crippen LogP contribution is 2.35. The standard InChI is InChI=1S/C19H33N7O2/c1-14-6-4-8-19(10-14,24(2)3)12-21-18(28)25-9-5-7-15(11-25)26-13-22-17(23-26)16(20)27/h13-15H,4-12H2,1-3H3,(H2,20,27)(H,21,28). The number of hydrogen-bond donors (Lipinski definition) is 2. The van der Waals surface area contributed by atoms with E-state index in [0.29, 0.717) is 19.0 Å². The zero-order valence-electron chi connectivity index (χ0n) is 17.2. The van der Waals surface area contributed by atoms with E-state index >= 15 is 0 Å². The summed E-state index contributed by atoms with van der Waals surface area (Å²) in [5.74, 6) is 0.0555. The van der Waals surface area contributed by atoms with Crippen molar-refractivity contribution in [3.05, 3.63) is 12.2 Å². The van der Waals surface area contributed by atoms with Crippen LogP contribution in [0.3, 0.4) is 0 Å². The fourth-order valence-electron chi connectivity index (χ4n) is 4.63. The molecule has 1 aliphatic carbocycles. The summed E-state index contributed by atoms with van der Waals surface area (Å²) in [5.41, 5.74) is 5.27. The second-order valence-electron chi connectivity index (χ2n) is 8.63. The zero-order chi connectivity index (χ0) is 20.3. The van der Waals surface area contributed by atoms with Gasteiger partial charge >= 0.3 is 6.03 Å². The van der Waals surface area contributed by atoms with Crippen molar-refractivity contribution in [3.8, 4) is 0 Å². The predicted octanol–water partition coefficient (Wildman–Crippen LogP) is 1.23. The van der Waals surface area contributed by atoms with Crippen LogP contribution < -0.4 is 11.1 Å². The van der Waals surface area contributed by atoms with Gasteiger partial charge in [-0.1, -0.05) is 19.8 Å². The van der Waals surface area contributed by atoms with E-state index in [1.165, 1.54) is 19.2 Å². The van der Waals surface area contributed by atoms with Gasteiger partial charge in [0, 0.05) is 25.2 Å². The van der Waals surface area contributed by atoms with Crippen molar-refractivity contribution >= 4 is 11.9 Å². The Bertz CT molecular complexity index is 704. The van der Waals surface area contributed by atoms with Crippen molar-refractivity contribution < 1.29 is 9.59 Å². The Labute approximate surface area is 166 Å². The van der Waals surface area contributed by atoms with Crippen LogP contribution in [-0.4, -0.2) is 75.8 Å². The third kappa shape index (κ3) is 4.45. The molecule has 3 rings (SSSR count). The normalized spacial score (nSPS) is 28.4. The Morgan fingerprint density at radius 2 is 2.14 bits per heavy atom. The largest absolute Gasteiger partial charge is 0.363 e. The highest BCUT2D eigenvalue weighted by Gasteiger charge is 2.37. The lowest BCUT2D eigenvalue weighted by molar-refractivity contribution is 0.0741. The first kappa shape index (κ1) is 20.6. The van der Waals surface area contributed by atoms with E-state index < -0.39 is 5.91 Å². The van der Waals surface area contributed by atoms with E-state index in [2.05, 4.69) is 41.3 Å². The molecular weight excluding hydrogens is 358 g/mol. The molecule has 3 unspecified atom stereocenters. The number of amides is 3. The second kappa shape index (κ2) is 8.46. The first-order valence-electron chi connectivity index (χ1n) is 10.2. The summed E-state index contributed by atoms with van der Waals surface area (Å²) in [6.45, 7) is 4.25. The van der Waals surface area contributed by atoms with Crippen molar-refractivity contribution in [2.45, 2.75) is 57.0 Å². The summed E-state index contributed by atoms with van der Waals surface area (Å²) in [4.78, 5) is 32.1. The maximum Gasteiger partial charge on any atom is 0.317 e. The van der Waals surface area contributed by atoms with Crippen molar-refractivity contribution in [2.24, 2.45) is 11.7 Å². The Morgan fingerprint density at radius 3 is 2.79 bits per heavy atom. The average Bonchev–Trinajstić information content (AvgIpc) is 3.17. The molecule has 2 fully saturated rings. The number of carbonyl (C=O) groups excluding carboxylic acids is 2. The molecule has 2 heterocycles. The Hall–Kier alpha value is -2.16. The van der Waals surface area contributed by atoms with Crippen LogP contribution in [0.25, 0.3) is 0 Å². The summed E-state index contributed by atoms with van der Waals surface area (Å²) in [7, 11) is 4.23. The molecule has 3 atom stereocenters. The van der Waals surface area contributed by atoms with E-state index in [4.69, 9.17) is 5.73 Å². The van der Waals surface area contributed by atoms with E-state index in [9.17, 15) is 9.59 Å². The van der Waals surface area contributed by atoms with Gasteiger partial charge in [-0.15, -0.1) is 5.10 Å². The second-order valence-corrected chi connectivity index (χ2v) is 8.63. The minimum absolute atomic E-state index is 0.0117. The van der Waals surface area contributed by atoms with Crippen LogP contribution >= 0.6 is 0 Å². The summed E-state index contributed by atoms with van der Waals surface area (Å²) >= 11 is 0. The van der Waals surface area contributed by atoms with Crippen LogP contribution in [0.4, 0.5) is 4.79 Å². The molecule has 1 saturated carbocycles. The molecule has 1 aliphatic heterocycles. The Morgan fingerprint density at radius 1 is 1.36 bits per heavy atom. The van der Waals surface area contributed by atoms with Gasteiger partial charge in [0.1, 0.15) is 6.33 Å². The number of nitrogens with one attached hydrogen (secondary N) is 1. The van der Waals surface area contributed by atoms with Gasteiger partial charge in [-0.05, 0) is 45.7 Å².